The molecular weight excluding hydrogens is 413 g/mol. The average molecular weight is 434 g/mol. The number of aromatic nitrogens is 1. The van der Waals surface area contributed by atoms with Gasteiger partial charge in [0.05, 0.1) is 17.0 Å². The van der Waals surface area contributed by atoms with Crippen LogP contribution in [0.1, 0.15) is 11.3 Å². The van der Waals surface area contributed by atoms with Gasteiger partial charge in [0, 0.05) is 23.9 Å². The van der Waals surface area contributed by atoms with Gasteiger partial charge in [0.25, 0.3) is 0 Å². The van der Waals surface area contributed by atoms with Crippen molar-refractivity contribution < 1.29 is 17.6 Å². The second kappa shape index (κ2) is 9.15. The number of sulfone groups is 1. The predicted octanol–water partition coefficient (Wildman–Crippen LogP) is 3.33. The van der Waals surface area contributed by atoms with E-state index in [1.54, 1.807) is 29.6 Å². The lowest BCUT2D eigenvalue weighted by Gasteiger charge is -2.05. The minimum absolute atomic E-state index is 0.138. The van der Waals surface area contributed by atoms with Crippen LogP contribution in [0.2, 0.25) is 0 Å². The summed E-state index contributed by atoms with van der Waals surface area (Å²) in [5.74, 6) is -0.418. The molecule has 3 aromatic rings. The molecule has 0 atom stereocenters. The quantitative estimate of drug-likeness (QED) is 0.569. The van der Waals surface area contributed by atoms with E-state index in [0.29, 0.717) is 29.5 Å². The number of halogens is 1. The van der Waals surface area contributed by atoms with Gasteiger partial charge in [0.1, 0.15) is 5.82 Å². The van der Waals surface area contributed by atoms with Crippen molar-refractivity contribution in [2.75, 3.05) is 18.1 Å². The van der Waals surface area contributed by atoms with Crippen LogP contribution in [0.4, 0.5) is 15.2 Å². The number of thiazole rings is 1. The number of hydrogen-bond donors (Lipinski definition) is 2. The molecule has 0 aliphatic heterocycles. The molecule has 152 valence electrons. The van der Waals surface area contributed by atoms with Gasteiger partial charge in [-0.15, -0.1) is 11.3 Å². The Morgan fingerprint density at radius 1 is 1.10 bits per heavy atom. The standard InChI is InChI=1S/C20H20FN3O3S2/c1-29(26,27)18-8-6-16(7-9-18)23-20-24-17(13-28-20)12-19(25)22-11-10-14-2-4-15(21)5-3-14/h2-9,13H,10-12H2,1H3,(H,22,25)(H,23,24). The Bertz CT molecular complexity index is 1080. The van der Waals surface area contributed by atoms with E-state index in [1.165, 1.54) is 35.6 Å². The highest BCUT2D eigenvalue weighted by molar-refractivity contribution is 7.90. The zero-order chi connectivity index (χ0) is 20.9. The van der Waals surface area contributed by atoms with Crippen LogP contribution in [0.5, 0.6) is 0 Å². The van der Waals surface area contributed by atoms with Crippen molar-refractivity contribution in [3.8, 4) is 0 Å². The molecule has 0 fully saturated rings. The van der Waals surface area contributed by atoms with E-state index in [4.69, 9.17) is 0 Å². The van der Waals surface area contributed by atoms with Gasteiger partial charge in [-0.05, 0) is 48.4 Å². The fourth-order valence-electron chi connectivity index (χ4n) is 2.58. The minimum atomic E-state index is -3.23. The summed E-state index contributed by atoms with van der Waals surface area (Å²) >= 11 is 1.36. The van der Waals surface area contributed by atoms with Gasteiger partial charge in [-0.3, -0.25) is 4.79 Å². The van der Waals surface area contributed by atoms with Gasteiger partial charge in [0.2, 0.25) is 5.91 Å². The van der Waals surface area contributed by atoms with Gasteiger partial charge in [-0.25, -0.2) is 17.8 Å². The average Bonchev–Trinajstić information content (AvgIpc) is 3.10. The van der Waals surface area contributed by atoms with Crippen LogP contribution in [0.15, 0.2) is 58.8 Å². The monoisotopic (exact) mass is 433 g/mol. The maximum Gasteiger partial charge on any atom is 0.226 e. The molecule has 1 amide bonds. The van der Waals surface area contributed by atoms with E-state index in [1.807, 2.05) is 0 Å². The van der Waals surface area contributed by atoms with Crippen molar-refractivity contribution >= 4 is 37.9 Å². The number of nitrogens with one attached hydrogen (secondary N) is 2. The van der Waals surface area contributed by atoms with E-state index in [0.717, 1.165) is 11.8 Å². The summed E-state index contributed by atoms with van der Waals surface area (Å²) < 4.78 is 35.9. The number of carbonyl (C=O) groups excluding carboxylic acids is 1. The molecule has 0 saturated carbocycles. The molecule has 2 aromatic carbocycles. The van der Waals surface area contributed by atoms with Crippen LogP contribution >= 0.6 is 11.3 Å². The number of nitrogens with zero attached hydrogens (tertiary/aromatic N) is 1. The van der Waals surface area contributed by atoms with Crippen LogP contribution in [0.3, 0.4) is 0 Å². The Morgan fingerprint density at radius 2 is 1.79 bits per heavy atom. The third-order valence-electron chi connectivity index (χ3n) is 4.08. The minimum Gasteiger partial charge on any atom is -0.355 e. The molecule has 2 N–H and O–H groups in total. The van der Waals surface area contributed by atoms with Crippen molar-refractivity contribution in [2.45, 2.75) is 17.7 Å². The zero-order valence-corrected chi connectivity index (χ0v) is 17.3. The van der Waals surface area contributed by atoms with Crippen molar-refractivity contribution in [1.82, 2.24) is 10.3 Å². The Kier molecular flexibility index (Phi) is 6.60. The largest absolute Gasteiger partial charge is 0.355 e. The maximum atomic E-state index is 12.9. The first-order chi connectivity index (χ1) is 13.8. The first-order valence-corrected chi connectivity index (χ1v) is 11.6. The van der Waals surface area contributed by atoms with Crippen LogP contribution in [-0.2, 0) is 27.5 Å². The normalized spacial score (nSPS) is 11.2. The molecule has 0 aliphatic carbocycles. The molecule has 1 heterocycles. The number of rotatable bonds is 8. The molecular formula is C20H20FN3O3S2. The number of benzene rings is 2. The van der Waals surface area contributed by atoms with Gasteiger partial charge in [0.15, 0.2) is 15.0 Å². The number of amides is 1. The van der Waals surface area contributed by atoms with Crippen molar-refractivity contribution in [1.29, 1.82) is 0 Å². The van der Waals surface area contributed by atoms with E-state index in [2.05, 4.69) is 15.6 Å². The molecule has 0 saturated heterocycles. The SMILES string of the molecule is CS(=O)(=O)c1ccc(Nc2nc(CC(=O)NCCc3ccc(F)cc3)cs2)cc1. The highest BCUT2D eigenvalue weighted by Crippen LogP contribution is 2.22. The van der Waals surface area contributed by atoms with Crippen LogP contribution in [-0.4, -0.2) is 32.1 Å². The molecule has 0 unspecified atom stereocenters. The third kappa shape index (κ3) is 6.37. The fourth-order valence-corrected chi connectivity index (χ4v) is 3.94. The van der Waals surface area contributed by atoms with Crippen molar-refractivity contribution in [2.24, 2.45) is 0 Å². The van der Waals surface area contributed by atoms with Crippen LogP contribution in [0.25, 0.3) is 0 Å². The molecule has 0 radical (unpaired) electrons. The number of carbonyl (C=O) groups is 1. The van der Waals surface area contributed by atoms with Gasteiger partial charge < -0.3 is 10.6 Å². The molecule has 6 nitrogen and oxygen atoms in total. The van der Waals surface area contributed by atoms with Crippen molar-refractivity contribution in [3.63, 3.8) is 0 Å². The van der Waals surface area contributed by atoms with Gasteiger partial charge in [-0.2, -0.15) is 0 Å². The highest BCUT2D eigenvalue weighted by Gasteiger charge is 2.09. The summed E-state index contributed by atoms with van der Waals surface area (Å²) in [6, 6.07) is 12.6. The van der Waals surface area contributed by atoms with E-state index < -0.39 is 9.84 Å². The fraction of sp³-hybridized carbons (Fsp3) is 0.200. The molecule has 1 aromatic heterocycles. The third-order valence-corrected chi connectivity index (χ3v) is 6.01. The van der Waals surface area contributed by atoms with E-state index >= 15 is 0 Å². The lowest BCUT2D eigenvalue weighted by atomic mass is 10.1. The predicted molar refractivity (Wildman–Crippen MR) is 112 cm³/mol. The molecule has 0 spiro atoms. The molecule has 0 aliphatic rings. The Hall–Kier alpha value is -2.78. The lowest BCUT2D eigenvalue weighted by Crippen LogP contribution is -2.27. The molecule has 3 rings (SSSR count). The second-order valence-corrected chi connectivity index (χ2v) is 9.34. The Morgan fingerprint density at radius 3 is 2.45 bits per heavy atom. The summed E-state index contributed by atoms with van der Waals surface area (Å²) in [6.45, 7) is 0.465. The van der Waals surface area contributed by atoms with E-state index in [9.17, 15) is 17.6 Å². The molecule has 0 bridgehead atoms. The first kappa shape index (κ1) is 20.9. The maximum absolute atomic E-state index is 12.9. The van der Waals surface area contributed by atoms with Gasteiger partial charge >= 0.3 is 0 Å². The number of anilines is 2. The second-order valence-electron chi connectivity index (χ2n) is 6.47. The summed E-state index contributed by atoms with van der Waals surface area (Å²) in [5, 5.41) is 8.34. The summed E-state index contributed by atoms with van der Waals surface area (Å²) in [7, 11) is -3.23. The van der Waals surface area contributed by atoms with E-state index in [-0.39, 0.29) is 23.0 Å². The summed E-state index contributed by atoms with van der Waals surface area (Å²) in [6.07, 6.45) is 1.95. The zero-order valence-electron chi connectivity index (χ0n) is 15.7. The van der Waals surface area contributed by atoms with Crippen LogP contribution in [0, 0.1) is 5.82 Å². The smallest absolute Gasteiger partial charge is 0.226 e. The van der Waals surface area contributed by atoms with Gasteiger partial charge in [-0.1, -0.05) is 12.1 Å². The lowest BCUT2D eigenvalue weighted by molar-refractivity contribution is -0.120. The molecule has 9 heteroatoms. The first-order valence-electron chi connectivity index (χ1n) is 8.82. The topological polar surface area (TPSA) is 88.2 Å². The highest BCUT2D eigenvalue weighted by atomic mass is 32.2. The summed E-state index contributed by atoms with van der Waals surface area (Å²) in [5.41, 5.74) is 2.31. The Balaban J connectivity index is 1.48. The van der Waals surface area contributed by atoms with Crippen molar-refractivity contribution in [3.05, 3.63) is 71.0 Å². The van der Waals surface area contributed by atoms with Crippen LogP contribution < -0.4 is 10.6 Å². The molecule has 29 heavy (non-hydrogen) atoms. The summed E-state index contributed by atoms with van der Waals surface area (Å²) in [4.78, 5) is 16.7. The Labute approximate surface area is 172 Å². The number of hydrogen-bond acceptors (Lipinski definition) is 6.